The maximum Gasteiger partial charge on any atom is 0.265 e. The third kappa shape index (κ3) is 6.36. The van der Waals surface area contributed by atoms with Gasteiger partial charge in [0.25, 0.3) is 15.9 Å². The van der Waals surface area contributed by atoms with Crippen LogP contribution in [0.3, 0.4) is 0 Å². The molecule has 0 bridgehead atoms. The van der Waals surface area contributed by atoms with Crippen molar-refractivity contribution < 1.29 is 32.2 Å². The molecule has 1 amide bonds. The van der Waals surface area contributed by atoms with Gasteiger partial charge in [0, 0.05) is 11.8 Å². The van der Waals surface area contributed by atoms with E-state index in [0.29, 0.717) is 35.1 Å². The van der Waals surface area contributed by atoms with Gasteiger partial charge in [-0.3, -0.25) is 9.52 Å². The molecule has 0 heterocycles. The topological polar surface area (TPSA) is 112 Å². The Kier molecular flexibility index (Phi) is 8.43. The van der Waals surface area contributed by atoms with Gasteiger partial charge >= 0.3 is 0 Å². The van der Waals surface area contributed by atoms with Crippen molar-refractivity contribution in [1.29, 1.82) is 0 Å². The van der Waals surface area contributed by atoms with Gasteiger partial charge in [-0.15, -0.1) is 0 Å². The van der Waals surface area contributed by atoms with E-state index in [0.717, 1.165) is 0 Å². The average molecular weight is 501 g/mol. The van der Waals surface area contributed by atoms with E-state index in [-0.39, 0.29) is 16.5 Å². The number of carbonyl (C=O) groups is 1. The van der Waals surface area contributed by atoms with Gasteiger partial charge < -0.3 is 24.3 Å². The maximum absolute atomic E-state index is 12.9. The summed E-state index contributed by atoms with van der Waals surface area (Å²) in [4.78, 5) is 12.8. The van der Waals surface area contributed by atoms with Crippen LogP contribution in [0.2, 0.25) is 0 Å². The summed E-state index contributed by atoms with van der Waals surface area (Å²) in [6.45, 7) is 1.83. The first-order chi connectivity index (χ1) is 16.8. The number of rotatable bonds is 11. The summed E-state index contributed by atoms with van der Waals surface area (Å²) in [5.74, 6) is 1.43. The first-order valence-electron chi connectivity index (χ1n) is 10.8. The lowest BCUT2D eigenvalue weighted by atomic mass is 10.2. The molecule has 9 nitrogen and oxygen atoms in total. The molecule has 1 atom stereocenters. The predicted octanol–water partition coefficient (Wildman–Crippen LogP) is 4.31. The monoisotopic (exact) mass is 500 g/mol. The first kappa shape index (κ1) is 25.7. The number of methoxy groups -OCH3 is 3. The minimum atomic E-state index is -3.92. The number of hydrogen-bond acceptors (Lipinski definition) is 7. The van der Waals surface area contributed by atoms with Crippen LogP contribution in [0.5, 0.6) is 23.0 Å². The quantitative estimate of drug-likeness (QED) is 0.403. The summed E-state index contributed by atoms with van der Waals surface area (Å²) in [5, 5.41) is 2.76. The molecular formula is C25H28N2O7S. The molecule has 0 radical (unpaired) electrons. The van der Waals surface area contributed by atoms with Crippen LogP contribution in [0.4, 0.5) is 11.4 Å². The van der Waals surface area contributed by atoms with Crippen LogP contribution in [0, 0.1) is 0 Å². The summed E-state index contributed by atoms with van der Waals surface area (Å²) >= 11 is 0. The number of sulfonamides is 1. The van der Waals surface area contributed by atoms with E-state index in [1.807, 2.05) is 13.0 Å². The van der Waals surface area contributed by atoms with Gasteiger partial charge in [0.05, 0.1) is 31.9 Å². The second-order valence-electron chi connectivity index (χ2n) is 7.35. The van der Waals surface area contributed by atoms with Crippen LogP contribution in [0.25, 0.3) is 0 Å². The first-order valence-corrected chi connectivity index (χ1v) is 12.2. The second kappa shape index (κ2) is 11.5. The van der Waals surface area contributed by atoms with Crippen molar-refractivity contribution in [2.24, 2.45) is 0 Å². The highest BCUT2D eigenvalue weighted by Crippen LogP contribution is 2.31. The Balaban J connectivity index is 1.71. The lowest BCUT2D eigenvalue weighted by Gasteiger charge is -2.19. The summed E-state index contributed by atoms with van der Waals surface area (Å²) in [7, 11) is 0.530. The molecule has 0 spiro atoms. The van der Waals surface area contributed by atoms with E-state index >= 15 is 0 Å². The standard InChI is InChI=1S/C25H28N2O7S/c1-5-21(34-24-9-7-6-8-23(24)33-4)25(28)26-17-10-13-19(14-11-17)35(29,30)27-20-16-18(31-2)12-15-22(20)32-3/h6-16,21,27H,5H2,1-4H3,(H,26,28)/t21-/m1/s1. The number of carbonyl (C=O) groups excluding carboxylic acids is 1. The highest BCUT2D eigenvalue weighted by Gasteiger charge is 2.21. The highest BCUT2D eigenvalue weighted by atomic mass is 32.2. The summed E-state index contributed by atoms with van der Waals surface area (Å²) < 4.78 is 49.8. The Morgan fingerprint density at radius 3 is 2.11 bits per heavy atom. The largest absolute Gasteiger partial charge is 0.497 e. The predicted molar refractivity (Wildman–Crippen MR) is 133 cm³/mol. The fourth-order valence-corrected chi connectivity index (χ4v) is 4.29. The van der Waals surface area contributed by atoms with Gasteiger partial charge in [0.1, 0.15) is 11.5 Å². The average Bonchev–Trinajstić information content (AvgIpc) is 2.87. The minimum Gasteiger partial charge on any atom is -0.497 e. The van der Waals surface area contributed by atoms with E-state index in [4.69, 9.17) is 18.9 Å². The van der Waals surface area contributed by atoms with Crippen LogP contribution < -0.4 is 29.0 Å². The zero-order valence-corrected chi connectivity index (χ0v) is 20.7. The van der Waals surface area contributed by atoms with Crippen molar-refractivity contribution in [1.82, 2.24) is 0 Å². The number of ether oxygens (including phenoxy) is 4. The summed E-state index contributed by atoms with van der Waals surface area (Å²) in [6, 6.07) is 17.7. The van der Waals surface area contributed by atoms with Crippen molar-refractivity contribution >= 4 is 27.3 Å². The molecule has 3 aromatic rings. The Labute approximate surface area is 205 Å². The number of hydrogen-bond donors (Lipinski definition) is 2. The summed E-state index contributed by atoms with van der Waals surface area (Å²) in [5.41, 5.74) is 0.665. The van der Waals surface area contributed by atoms with Gasteiger partial charge in [0.15, 0.2) is 17.6 Å². The van der Waals surface area contributed by atoms with E-state index in [9.17, 15) is 13.2 Å². The lowest BCUT2D eigenvalue weighted by Crippen LogP contribution is -2.32. The van der Waals surface area contributed by atoms with Gasteiger partial charge in [0.2, 0.25) is 0 Å². The molecule has 0 aromatic heterocycles. The molecule has 3 rings (SSSR count). The van der Waals surface area contributed by atoms with Crippen molar-refractivity contribution in [2.45, 2.75) is 24.3 Å². The fourth-order valence-electron chi connectivity index (χ4n) is 3.23. The molecule has 35 heavy (non-hydrogen) atoms. The zero-order valence-electron chi connectivity index (χ0n) is 19.9. The van der Waals surface area contributed by atoms with E-state index in [1.165, 1.54) is 51.7 Å². The maximum atomic E-state index is 12.9. The van der Waals surface area contributed by atoms with Crippen LogP contribution in [0.15, 0.2) is 71.6 Å². The molecule has 0 unspecified atom stereocenters. The Hall–Kier alpha value is -3.92. The Morgan fingerprint density at radius 2 is 1.51 bits per heavy atom. The molecule has 3 aromatic carbocycles. The SMILES string of the molecule is CC[C@@H](Oc1ccccc1OC)C(=O)Nc1ccc(S(=O)(=O)Nc2cc(OC)ccc2OC)cc1. The van der Waals surface area contributed by atoms with Crippen LogP contribution in [-0.4, -0.2) is 41.8 Å². The van der Waals surface area contributed by atoms with Crippen LogP contribution >= 0.6 is 0 Å². The molecule has 0 aliphatic rings. The molecule has 0 aliphatic heterocycles. The highest BCUT2D eigenvalue weighted by molar-refractivity contribution is 7.92. The van der Waals surface area contributed by atoms with E-state index in [2.05, 4.69) is 10.0 Å². The second-order valence-corrected chi connectivity index (χ2v) is 9.03. The molecule has 186 valence electrons. The summed E-state index contributed by atoms with van der Waals surface area (Å²) in [6.07, 6.45) is -0.347. The molecule has 0 aliphatic carbocycles. The Bertz CT molecular complexity index is 1260. The van der Waals surface area contributed by atoms with Crippen LogP contribution in [-0.2, 0) is 14.8 Å². The van der Waals surface area contributed by atoms with Crippen molar-refractivity contribution in [3.8, 4) is 23.0 Å². The third-order valence-electron chi connectivity index (χ3n) is 5.08. The number of benzene rings is 3. The van der Waals surface area contributed by atoms with Crippen molar-refractivity contribution in [2.75, 3.05) is 31.4 Å². The molecule has 10 heteroatoms. The normalized spacial score (nSPS) is 11.8. The number of anilines is 2. The number of amides is 1. The molecule has 2 N–H and O–H groups in total. The molecule has 0 saturated heterocycles. The fraction of sp³-hybridized carbons (Fsp3) is 0.240. The van der Waals surface area contributed by atoms with Crippen LogP contribution in [0.1, 0.15) is 13.3 Å². The lowest BCUT2D eigenvalue weighted by molar-refractivity contribution is -0.122. The van der Waals surface area contributed by atoms with Gasteiger partial charge in [-0.05, 0) is 55.0 Å². The number of para-hydroxylation sites is 2. The zero-order chi connectivity index (χ0) is 25.4. The number of nitrogens with one attached hydrogen (secondary N) is 2. The van der Waals surface area contributed by atoms with Gasteiger partial charge in [-0.25, -0.2) is 8.42 Å². The molecular weight excluding hydrogens is 472 g/mol. The molecule has 0 saturated carbocycles. The van der Waals surface area contributed by atoms with Gasteiger partial charge in [-0.2, -0.15) is 0 Å². The minimum absolute atomic E-state index is 0.0117. The smallest absolute Gasteiger partial charge is 0.265 e. The van der Waals surface area contributed by atoms with Crippen molar-refractivity contribution in [3.63, 3.8) is 0 Å². The van der Waals surface area contributed by atoms with Crippen molar-refractivity contribution in [3.05, 3.63) is 66.7 Å². The third-order valence-corrected chi connectivity index (χ3v) is 6.47. The molecule has 0 fully saturated rings. The van der Waals surface area contributed by atoms with E-state index in [1.54, 1.807) is 30.3 Å². The Morgan fingerprint density at radius 1 is 0.857 bits per heavy atom. The van der Waals surface area contributed by atoms with Gasteiger partial charge in [-0.1, -0.05) is 19.1 Å². The van der Waals surface area contributed by atoms with E-state index < -0.39 is 16.1 Å².